The summed E-state index contributed by atoms with van der Waals surface area (Å²) in [6.45, 7) is 0. The molecule has 4 nitrogen and oxygen atoms in total. The first-order valence-electron chi connectivity index (χ1n) is 5.90. The predicted octanol–water partition coefficient (Wildman–Crippen LogP) is 3.71. The molecule has 2 heterocycles. The molecule has 0 radical (unpaired) electrons. The minimum atomic E-state index is 0.876. The lowest BCUT2D eigenvalue weighted by Crippen LogP contribution is -1.80. The normalized spacial score (nSPS) is 11.4. The molecule has 0 atom stereocenters. The molecule has 4 aromatic rings. The second kappa shape index (κ2) is 4.06. The number of hydrogen-bond donors (Lipinski definition) is 2. The lowest BCUT2D eigenvalue weighted by Gasteiger charge is -1.96. The van der Waals surface area contributed by atoms with Gasteiger partial charge in [0.2, 0.25) is 0 Å². The molecule has 2 aromatic carbocycles. The van der Waals surface area contributed by atoms with Crippen molar-refractivity contribution in [3.63, 3.8) is 0 Å². The largest absolute Gasteiger partial charge is 0.338 e. The van der Waals surface area contributed by atoms with Gasteiger partial charge in [-0.25, -0.2) is 4.98 Å². The van der Waals surface area contributed by atoms with Crippen molar-refractivity contribution in [1.29, 1.82) is 0 Å². The summed E-state index contributed by atoms with van der Waals surface area (Å²) in [5.74, 6) is 0.876. The number of aromatic nitrogens is 4. The van der Waals surface area contributed by atoms with Crippen molar-refractivity contribution in [2.24, 2.45) is 0 Å². The average Bonchev–Trinajstić information content (AvgIpc) is 3.02. The van der Waals surface area contributed by atoms with E-state index in [1.165, 1.54) is 0 Å². The summed E-state index contributed by atoms with van der Waals surface area (Å²) in [5.41, 5.74) is 4.04. The fourth-order valence-electron chi connectivity index (χ4n) is 2.22. The quantitative estimate of drug-likeness (QED) is 0.509. The standard InChI is InChI=1S/C14H9IN4/c15-13-9-6-5-8(7-12(9)18-19-13)14-16-10-3-1-2-4-11(10)17-14/h1-7H,(H,16,17)(H,18,19). The monoisotopic (exact) mass is 360 g/mol. The van der Waals surface area contributed by atoms with Crippen LogP contribution in [-0.2, 0) is 0 Å². The molecule has 2 N–H and O–H groups in total. The summed E-state index contributed by atoms with van der Waals surface area (Å²) in [6.07, 6.45) is 0. The smallest absolute Gasteiger partial charge is 0.138 e. The fourth-order valence-corrected chi connectivity index (χ4v) is 2.79. The summed E-state index contributed by atoms with van der Waals surface area (Å²) >= 11 is 2.25. The number of para-hydroxylation sites is 2. The highest BCUT2D eigenvalue weighted by molar-refractivity contribution is 14.1. The molecule has 4 rings (SSSR count). The molecule has 0 spiro atoms. The van der Waals surface area contributed by atoms with Crippen LogP contribution >= 0.6 is 22.6 Å². The predicted molar refractivity (Wildman–Crippen MR) is 83.9 cm³/mol. The SMILES string of the molecule is Ic1[nH]nc2cc(-c3nc4ccccc4[nH]3)ccc12. The van der Waals surface area contributed by atoms with E-state index < -0.39 is 0 Å². The zero-order chi connectivity index (χ0) is 12.8. The van der Waals surface area contributed by atoms with E-state index in [1.807, 2.05) is 30.3 Å². The number of imidazole rings is 1. The number of H-pyrrole nitrogens is 2. The molecule has 0 unspecified atom stereocenters. The highest BCUT2D eigenvalue weighted by Crippen LogP contribution is 2.25. The van der Waals surface area contributed by atoms with Gasteiger partial charge in [0.05, 0.1) is 16.6 Å². The highest BCUT2D eigenvalue weighted by Gasteiger charge is 2.08. The molecular weight excluding hydrogens is 351 g/mol. The maximum atomic E-state index is 4.60. The van der Waals surface area contributed by atoms with Crippen molar-refractivity contribution in [3.05, 3.63) is 46.2 Å². The van der Waals surface area contributed by atoms with Gasteiger partial charge in [-0.3, -0.25) is 5.10 Å². The van der Waals surface area contributed by atoms with E-state index in [4.69, 9.17) is 0 Å². The molecule has 19 heavy (non-hydrogen) atoms. The maximum absolute atomic E-state index is 4.60. The van der Waals surface area contributed by atoms with Crippen LogP contribution in [0.1, 0.15) is 0 Å². The summed E-state index contributed by atoms with van der Waals surface area (Å²) < 4.78 is 1.06. The molecule has 2 aromatic heterocycles. The topological polar surface area (TPSA) is 57.4 Å². The van der Waals surface area contributed by atoms with Gasteiger partial charge < -0.3 is 4.98 Å². The number of aromatic amines is 2. The van der Waals surface area contributed by atoms with Gasteiger partial charge in [0.25, 0.3) is 0 Å². The average molecular weight is 360 g/mol. The fraction of sp³-hybridized carbons (Fsp3) is 0. The van der Waals surface area contributed by atoms with Crippen LogP contribution in [0.15, 0.2) is 42.5 Å². The number of nitrogens with one attached hydrogen (secondary N) is 2. The molecule has 0 aliphatic heterocycles. The number of benzene rings is 2. The molecule has 0 amide bonds. The second-order valence-corrected chi connectivity index (χ2v) is 5.45. The Morgan fingerprint density at radius 3 is 2.79 bits per heavy atom. The summed E-state index contributed by atoms with van der Waals surface area (Å²) in [6, 6.07) is 14.2. The Kier molecular flexibility index (Phi) is 2.34. The zero-order valence-electron chi connectivity index (χ0n) is 9.81. The third kappa shape index (κ3) is 1.73. The first-order valence-corrected chi connectivity index (χ1v) is 6.98. The third-order valence-corrected chi connectivity index (χ3v) is 3.99. The second-order valence-electron chi connectivity index (χ2n) is 4.37. The van der Waals surface area contributed by atoms with Gasteiger partial charge in [0, 0.05) is 10.9 Å². The van der Waals surface area contributed by atoms with Gasteiger partial charge in [-0.05, 0) is 46.9 Å². The van der Waals surface area contributed by atoms with Crippen LogP contribution in [0.4, 0.5) is 0 Å². The number of nitrogens with zero attached hydrogens (tertiary/aromatic N) is 2. The van der Waals surface area contributed by atoms with Gasteiger partial charge in [-0.2, -0.15) is 5.10 Å². The van der Waals surface area contributed by atoms with Crippen LogP contribution in [-0.4, -0.2) is 20.2 Å². The number of rotatable bonds is 1. The Morgan fingerprint density at radius 1 is 1.00 bits per heavy atom. The molecular formula is C14H9IN4. The van der Waals surface area contributed by atoms with Crippen molar-refractivity contribution in [3.8, 4) is 11.4 Å². The van der Waals surface area contributed by atoms with Crippen LogP contribution in [0.3, 0.4) is 0 Å². The molecule has 0 saturated heterocycles. The number of hydrogen-bond acceptors (Lipinski definition) is 2. The van der Waals surface area contributed by atoms with Crippen LogP contribution in [0.25, 0.3) is 33.3 Å². The van der Waals surface area contributed by atoms with Crippen LogP contribution in [0, 0.1) is 3.70 Å². The molecule has 0 fully saturated rings. The Hall–Kier alpha value is -1.89. The Labute approximate surface area is 122 Å². The van der Waals surface area contributed by atoms with Gasteiger partial charge in [0.15, 0.2) is 0 Å². The lowest BCUT2D eigenvalue weighted by atomic mass is 10.1. The minimum absolute atomic E-state index is 0.876. The van der Waals surface area contributed by atoms with E-state index in [2.05, 4.69) is 54.9 Å². The Morgan fingerprint density at radius 2 is 1.89 bits per heavy atom. The van der Waals surface area contributed by atoms with E-state index >= 15 is 0 Å². The Balaban J connectivity index is 1.93. The highest BCUT2D eigenvalue weighted by atomic mass is 127. The number of halogens is 1. The lowest BCUT2D eigenvalue weighted by molar-refractivity contribution is 1.09. The van der Waals surface area contributed by atoms with Crippen molar-refractivity contribution < 1.29 is 0 Å². The van der Waals surface area contributed by atoms with Crippen LogP contribution in [0.5, 0.6) is 0 Å². The molecule has 92 valence electrons. The van der Waals surface area contributed by atoms with E-state index in [1.54, 1.807) is 0 Å². The van der Waals surface area contributed by atoms with Gasteiger partial charge in [-0.1, -0.05) is 18.2 Å². The summed E-state index contributed by atoms with van der Waals surface area (Å²) in [4.78, 5) is 7.93. The minimum Gasteiger partial charge on any atom is -0.338 e. The molecule has 0 aliphatic rings. The van der Waals surface area contributed by atoms with E-state index in [0.29, 0.717) is 0 Å². The molecule has 0 saturated carbocycles. The summed E-state index contributed by atoms with van der Waals surface area (Å²) in [5, 5.41) is 8.41. The van der Waals surface area contributed by atoms with Gasteiger partial charge >= 0.3 is 0 Å². The molecule has 0 aliphatic carbocycles. The summed E-state index contributed by atoms with van der Waals surface area (Å²) in [7, 11) is 0. The first-order chi connectivity index (χ1) is 9.31. The van der Waals surface area contributed by atoms with E-state index in [0.717, 1.165) is 37.0 Å². The first kappa shape index (κ1) is 11.0. The van der Waals surface area contributed by atoms with Crippen molar-refractivity contribution in [1.82, 2.24) is 20.2 Å². The van der Waals surface area contributed by atoms with Crippen LogP contribution in [0.2, 0.25) is 0 Å². The zero-order valence-corrected chi connectivity index (χ0v) is 12.0. The van der Waals surface area contributed by atoms with E-state index in [-0.39, 0.29) is 0 Å². The maximum Gasteiger partial charge on any atom is 0.138 e. The van der Waals surface area contributed by atoms with Crippen molar-refractivity contribution in [2.45, 2.75) is 0 Å². The van der Waals surface area contributed by atoms with Crippen molar-refractivity contribution in [2.75, 3.05) is 0 Å². The Bertz CT molecular complexity index is 858. The van der Waals surface area contributed by atoms with Gasteiger partial charge in [0.1, 0.15) is 9.53 Å². The van der Waals surface area contributed by atoms with Crippen molar-refractivity contribution >= 4 is 44.5 Å². The van der Waals surface area contributed by atoms with E-state index in [9.17, 15) is 0 Å². The molecule has 5 heteroatoms. The number of fused-ring (bicyclic) bond motifs is 2. The van der Waals surface area contributed by atoms with Crippen LogP contribution < -0.4 is 0 Å². The molecule has 0 bridgehead atoms. The third-order valence-electron chi connectivity index (χ3n) is 3.17. The van der Waals surface area contributed by atoms with Gasteiger partial charge in [-0.15, -0.1) is 0 Å².